The molecule has 120 valence electrons. The molecule has 0 unspecified atom stereocenters. The lowest BCUT2D eigenvalue weighted by Crippen LogP contribution is -2.35. The summed E-state index contributed by atoms with van der Waals surface area (Å²) in [6, 6.07) is 1.36. The van der Waals surface area contributed by atoms with Gasteiger partial charge in [-0.05, 0) is 25.0 Å². The summed E-state index contributed by atoms with van der Waals surface area (Å²) in [6.07, 6.45) is 4.01. The van der Waals surface area contributed by atoms with Crippen LogP contribution in [0.5, 0.6) is 0 Å². The standard InChI is InChI=1S/C15H16ClF2NO3/c16-11-8-13(18)12(17)7-10(11)15(21)22-9-14(20)19-5-3-1-2-4-6-19/h7-8H,1-6,9H2. The first-order chi connectivity index (χ1) is 10.5. The lowest BCUT2D eigenvalue weighted by molar-refractivity contribution is -0.134. The minimum atomic E-state index is -1.20. The van der Waals surface area contributed by atoms with Gasteiger partial charge in [-0.1, -0.05) is 24.4 Å². The van der Waals surface area contributed by atoms with Crippen molar-refractivity contribution in [3.05, 3.63) is 34.4 Å². The van der Waals surface area contributed by atoms with Crippen molar-refractivity contribution in [2.45, 2.75) is 25.7 Å². The molecule has 1 aliphatic rings. The monoisotopic (exact) mass is 331 g/mol. The first-order valence-corrected chi connectivity index (χ1v) is 7.46. The van der Waals surface area contributed by atoms with Gasteiger partial charge in [-0.15, -0.1) is 0 Å². The second-order valence-electron chi connectivity index (χ2n) is 5.12. The van der Waals surface area contributed by atoms with Crippen LogP contribution in [0.25, 0.3) is 0 Å². The average Bonchev–Trinajstić information content (AvgIpc) is 2.77. The fourth-order valence-corrected chi connectivity index (χ4v) is 2.52. The Labute approximate surface area is 132 Å². The van der Waals surface area contributed by atoms with E-state index in [9.17, 15) is 18.4 Å². The van der Waals surface area contributed by atoms with Gasteiger partial charge in [0.15, 0.2) is 18.2 Å². The smallest absolute Gasteiger partial charge is 0.340 e. The van der Waals surface area contributed by atoms with E-state index in [4.69, 9.17) is 16.3 Å². The van der Waals surface area contributed by atoms with E-state index in [1.807, 2.05) is 0 Å². The topological polar surface area (TPSA) is 46.6 Å². The van der Waals surface area contributed by atoms with Crippen molar-refractivity contribution in [3.8, 4) is 0 Å². The maximum Gasteiger partial charge on any atom is 0.340 e. The molecule has 1 saturated heterocycles. The molecular formula is C15H16ClF2NO3. The molecule has 4 nitrogen and oxygen atoms in total. The minimum Gasteiger partial charge on any atom is -0.452 e. The number of benzene rings is 1. The van der Waals surface area contributed by atoms with Gasteiger partial charge in [-0.3, -0.25) is 4.79 Å². The zero-order valence-electron chi connectivity index (χ0n) is 11.9. The highest BCUT2D eigenvalue weighted by molar-refractivity contribution is 6.33. The molecule has 0 atom stereocenters. The fraction of sp³-hybridized carbons (Fsp3) is 0.467. The van der Waals surface area contributed by atoms with Crippen molar-refractivity contribution >= 4 is 23.5 Å². The predicted octanol–water partition coefficient (Wildman–Crippen LogP) is 3.18. The van der Waals surface area contributed by atoms with Gasteiger partial charge in [-0.2, -0.15) is 0 Å². The number of hydrogen-bond acceptors (Lipinski definition) is 3. The van der Waals surface area contributed by atoms with E-state index in [2.05, 4.69) is 0 Å². The Morgan fingerprint density at radius 1 is 1.09 bits per heavy atom. The molecular weight excluding hydrogens is 316 g/mol. The second-order valence-corrected chi connectivity index (χ2v) is 5.52. The molecule has 0 aromatic heterocycles. The SMILES string of the molecule is O=C(OCC(=O)N1CCCCCC1)c1cc(F)c(F)cc1Cl. The third-order valence-corrected chi connectivity index (χ3v) is 3.83. The molecule has 0 radical (unpaired) electrons. The number of likely N-dealkylation sites (tertiary alicyclic amines) is 1. The van der Waals surface area contributed by atoms with Crippen molar-refractivity contribution in [3.63, 3.8) is 0 Å². The molecule has 1 aromatic rings. The summed E-state index contributed by atoms with van der Waals surface area (Å²) in [6.45, 7) is 0.846. The van der Waals surface area contributed by atoms with Gasteiger partial charge in [0, 0.05) is 13.1 Å². The Balaban J connectivity index is 1.94. The summed E-state index contributed by atoms with van der Waals surface area (Å²) < 4.78 is 30.9. The normalized spacial score (nSPS) is 15.3. The van der Waals surface area contributed by atoms with Crippen LogP contribution in [0.1, 0.15) is 36.0 Å². The molecule has 1 aliphatic heterocycles. The summed E-state index contributed by atoms with van der Waals surface area (Å²) in [7, 11) is 0. The van der Waals surface area contributed by atoms with Crippen LogP contribution >= 0.6 is 11.6 Å². The summed E-state index contributed by atoms with van der Waals surface area (Å²) in [5.74, 6) is -3.60. The number of carbonyl (C=O) groups excluding carboxylic acids is 2. The van der Waals surface area contributed by atoms with E-state index in [0.29, 0.717) is 25.2 Å². The van der Waals surface area contributed by atoms with E-state index in [1.54, 1.807) is 4.90 Å². The van der Waals surface area contributed by atoms with E-state index in [-0.39, 0.29) is 16.5 Å². The van der Waals surface area contributed by atoms with Crippen LogP contribution in [0, 0.1) is 11.6 Å². The highest BCUT2D eigenvalue weighted by Crippen LogP contribution is 2.21. The summed E-state index contributed by atoms with van der Waals surface area (Å²) in [5, 5.41) is -0.258. The van der Waals surface area contributed by atoms with Crippen molar-refractivity contribution in [2.24, 2.45) is 0 Å². The fourth-order valence-electron chi connectivity index (χ4n) is 2.30. The number of esters is 1. The summed E-state index contributed by atoms with van der Waals surface area (Å²) in [4.78, 5) is 25.4. The summed E-state index contributed by atoms with van der Waals surface area (Å²) in [5.41, 5.74) is -0.302. The van der Waals surface area contributed by atoms with Crippen LogP contribution in [0.3, 0.4) is 0 Å². The maximum absolute atomic E-state index is 13.1. The Kier molecular flexibility index (Phi) is 5.71. The predicted molar refractivity (Wildman–Crippen MR) is 76.7 cm³/mol. The molecule has 2 rings (SSSR count). The van der Waals surface area contributed by atoms with E-state index >= 15 is 0 Å². The van der Waals surface area contributed by atoms with Crippen LogP contribution < -0.4 is 0 Å². The number of nitrogens with zero attached hydrogens (tertiary/aromatic N) is 1. The first-order valence-electron chi connectivity index (χ1n) is 7.08. The first kappa shape index (κ1) is 16.7. The molecule has 1 amide bonds. The largest absolute Gasteiger partial charge is 0.452 e. The third kappa shape index (κ3) is 4.16. The Hall–Kier alpha value is -1.69. The van der Waals surface area contributed by atoms with Gasteiger partial charge in [0.1, 0.15) is 0 Å². The molecule has 0 N–H and O–H groups in total. The minimum absolute atomic E-state index is 0.258. The molecule has 22 heavy (non-hydrogen) atoms. The van der Waals surface area contributed by atoms with Gasteiger partial charge >= 0.3 is 5.97 Å². The third-order valence-electron chi connectivity index (χ3n) is 3.52. The van der Waals surface area contributed by atoms with Crippen LogP contribution in [0.15, 0.2) is 12.1 Å². The van der Waals surface area contributed by atoms with E-state index in [0.717, 1.165) is 25.7 Å². The highest BCUT2D eigenvalue weighted by Gasteiger charge is 2.20. The molecule has 7 heteroatoms. The number of ether oxygens (including phenoxy) is 1. The van der Waals surface area contributed by atoms with E-state index < -0.39 is 24.2 Å². The maximum atomic E-state index is 13.1. The number of halogens is 3. The van der Waals surface area contributed by atoms with Gasteiger partial charge in [0.05, 0.1) is 10.6 Å². The van der Waals surface area contributed by atoms with Crippen LogP contribution in [0.4, 0.5) is 8.78 Å². The number of amides is 1. The Morgan fingerprint density at radius 3 is 2.32 bits per heavy atom. The molecule has 0 bridgehead atoms. The quantitative estimate of drug-likeness (QED) is 0.631. The van der Waals surface area contributed by atoms with Crippen LogP contribution in [0.2, 0.25) is 5.02 Å². The van der Waals surface area contributed by atoms with Gasteiger partial charge in [-0.25, -0.2) is 13.6 Å². The van der Waals surface area contributed by atoms with Gasteiger partial charge < -0.3 is 9.64 Å². The van der Waals surface area contributed by atoms with Crippen molar-refractivity contribution in [1.82, 2.24) is 4.90 Å². The average molecular weight is 332 g/mol. The lowest BCUT2D eigenvalue weighted by atomic mass is 10.2. The van der Waals surface area contributed by atoms with E-state index in [1.165, 1.54) is 0 Å². The molecule has 1 heterocycles. The summed E-state index contributed by atoms with van der Waals surface area (Å²) >= 11 is 5.68. The highest BCUT2D eigenvalue weighted by atomic mass is 35.5. The zero-order chi connectivity index (χ0) is 16.1. The lowest BCUT2D eigenvalue weighted by Gasteiger charge is -2.20. The van der Waals surface area contributed by atoms with Crippen molar-refractivity contribution < 1.29 is 23.1 Å². The molecule has 0 spiro atoms. The number of rotatable bonds is 3. The Morgan fingerprint density at radius 2 is 1.68 bits per heavy atom. The van der Waals surface area contributed by atoms with Gasteiger partial charge in [0.2, 0.25) is 0 Å². The van der Waals surface area contributed by atoms with Crippen LogP contribution in [-0.2, 0) is 9.53 Å². The van der Waals surface area contributed by atoms with Gasteiger partial charge in [0.25, 0.3) is 5.91 Å². The van der Waals surface area contributed by atoms with Crippen molar-refractivity contribution in [2.75, 3.05) is 19.7 Å². The molecule has 1 aromatic carbocycles. The molecule has 0 aliphatic carbocycles. The second kappa shape index (κ2) is 7.54. The number of carbonyl (C=O) groups is 2. The zero-order valence-corrected chi connectivity index (χ0v) is 12.7. The van der Waals surface area contributed by atoms with Crippen LogP contribution in [-0.4, -0.2) is 36.5 Å². The molecule has 0 saturated carbocycles. The van der Waals surface area contributed by atoms with Crippen molar-refractivity contribution in [1.29, 1.82) is 0 Å². The molecule has 1 fully saturated rings. The Bertz CT molecular complexity index is 572. The number of hydrogen-bond donors (Lipinski definition) is 0.